The zero-order chi connectivity index (χ0) is 13.5. The zero-order valence-corrected chi connectivity index (χ0v) is 9.64. The molecule has 0 spiro atoms. The van der Waals surface area contributed by atoms with Gasteiger partial charge in [-0.2, -0.15) is 21.6 Å². The van der Waals surface area contributed by atoms with E-state index in [1.807, 2.05) is 6.92 Å². The molecular weight excluding hydrogens is 265 g/mol. The number of hydrogen-bond acceptors (Lipinski definition) is 4. The van der Waals surface area contributed by atoms with Crippen LogP contribution in [0.25, 0.3) is 0 Å². The number of carbonyl (C=O) groups excluding carboxylic acids is 1. The molecule has 0 saturated heterocycles. The fourth-order valence-corrected chi connectivity index (χ4v) is 0.870. The molecule has 17 heavy (non-hydrogen) atoms. The van der Waals surface area contributed by atoms with Crippen LogP contribution < -0.4 is 5.32 Å². The number of rotatable bonds is 5. The maximum absolute atomic E-state index is 11.8. The SMILES string of the molecule is CCCCOC(=O)NC=NS(=O)(=O)C(F)(F)F. The molecule has 0 unspecified atom stereocenters. The van der Waals surface area contributed by atoms with Gasteiger partial charge in [0.25, 0.3) is 0 Å². The number of unbranched alkanes of at least 4 members (excludes halogenated alkanes) is 1. The highest BCUT2D eigenvalue weighted by Crippen LogP contribution is 2.23. The highest BCUT2D eigenvalue weighted by atomic mass is 32.2. The number of ether oxygens (including phenoxy) is 1. The van der Waals surface area contributed by atoms with E-state index >= 15 is 0 Å². The Hall–Kier alpha value is -1.32. The normalized spacial score (nSPS) is 12.7. The molecule has 0 atom stereocenters. The second-order valence-electron chi connectivity index (χ2n) is 2.79. The van der Waals surface area contributed by atoms with Crippen LogP contribution in [-0.4, -0.2) is 33.0 Å². The molecule has 6 nitrogen and oxygen atoms in total. The van der Waals surface area contributed by atoms with Gasteiger partial charge in [0.15, 0.2) is 0 Å². The molecule has 0 saturated carbocycles. The average molecular weight is 276 g/mol. The van der Waals surface area contributed by atoms with Crippen molar-refractivity contribution in [3.8, 4) is 0 Å². The van der Waals surface area contributed by atoms with Crippen LogP contribution in [0.2, 0.25) is 0 Å². The van der Waals surface area contributed by atoms with Crippen molar-refractivity contribution in [2.75, 3.05) is 6.61 Å². The number of nitrogens with zero attached hydrogens (tertiary/aromatic N) is 1. The summed E-state index contributed by atoms with van der Waals surface area (Å²) < 4.78 is 62.7. The van der Waals surface area contributed by atoms with E-state index in [4.69, 9.17) is 0 Å². The third-order valence-electron chi connectivity index (χ3n) is 1.40. The van der Waals surface area contributed by atoms with E-state index in [0.29, 0.717) is 6.42 Å². The number of sulfonamides is 1. The summed E-state index contributed by atoms with van der Waals surface area (Å²) in [6.45, 7) is 1.93. The Balaban J connectivity index is 4.16. The van der Waals surface area contributed by atoms with Crippen LogP contribution >= 0.6 is 0 Å². The number of alkyl carbamates (subject to hydrolysis) is 1. The molecule has 1 N–H and O–H groups in total. The maximum Gasteiger partial charge on any atom is 0.518 e. The van der Waals surface area contributed by atoms with Crippen molar-refractivity contribution in [1.29, 1.82) is 0 Å². The molecule has 0 aromatic rings. The molecule has 100 valence electrons. The Morgan fingerprint density at radius 1 is 1.47 bits per heavy atom. The van der Waals surface area contributed by atoms with Crippen LogP contribution in [0.3, 0.4) is 0 Å². The summed E-state index contributed by atoms with van der Waals surface area (Å²) in [5.74, 6) is 0. The summed E-state index contributed by atoms with van der Waals surface area (Å²) in [7, 11) is -5.62. The molecule has 0 aliphatic carbocycles. The van der Waals surface area contributed by atoms with Gasteiger partial charge in [-0.3, -0.25) is 5.32 Å². The van der Waals surface area contributed by atoms with E-state index in [1.165, 1.54) is 0 Å². The summed E-state index contributed by atoms with van der Waals surface area (Å²) in [4.78, 5) is 10.8. The highest BCUT2D eigenvalue weighted by molar-refractivity contribution is 7.91. The topological polar surface area (TPSA) is 84.8 Å². The molecule has 1 amide bonds. The van der Waals surface area contributed by atoms with Crippen LogP contribution in [0.1, 0.15) is 19.8 Å². The Kier molecular flexibility index (Phi) is 5.93. The Morgan fingerprint density at radius 2 is 2.06 bits per heavy atom. The number of nitrogens with one attached hydrogen (secondary N) is 1. The fourth-order valence-electron chi connectivity index (χ4n) is 0.559. The minimum absolute atomic E-state index is 0.0855. The summed E-state index contributed by atoms with van der Waals surface area (Å²) >= 11 is 0. The van der Waals surface area contributed by atoms with Crippen molar-refractivity contribution in [2.45, 2.75) is 25.3 Å². The maximum atomic E-state index is 11.8. The van der Waals surface area contributed by atoms with Gasteiger partial charge in [-0.1, -0.05) is 13.3 Å². The van der Waals surface area contributed by atoms with Crippen molar-refractivity contribution in [3.05, 3.63) is 0 Å². The van der Waals surface area contributed by atoms with Gasteiger partial charge in [0, 0.05) is 0 Å². The second-order valence-corrected chi connectivity index (χ2v) is 4.41. The van der Waals surface area contributed by atoms with Crippen LogP contribution in [-0.2, 0) is 14.8 Å². The standard InChI is InChI=1S/C7H11F3N2O4S/c1-2-3-4-16-6(13)11-5-12-17(14,15)7(8,9)10/h5H,2-4H2,1H3,(H,11,12,13). The number of amides is 1. The number of hydrogen-bond donors (Lipinski definition) is 1. The molecule has 0 aliphatic rings. The van der Waals surface area contributed by atoms with Crippen LogP contribution in [0.4, 0.5) is 18.0 Å². The number of halogens is 3. The quantitative estimate of drug-likeness (QED) is 0.467. The van der Waals surface area contributed by atoms with Gasteiger partial charge in [0.2, 0.25) is 0 Å². The lowest BCUT2D eigenvalue weighted by atomic mass is 10.4. The van der Waals surface area contributed by atoms with E-state index in [0.717, 1.165) is 6.42 Å². The Labute approximate surface area is 95.9 Å². The lowest BCUT2D eigenvalue weighted by Crippen LogP contribution is -2.26. The summed E-state index contributed by atoms with van der Waals surface area (Å²) in [5, 5.41) is 1.64. The van der Waals surface area contributed by atoms with Gasteiger partial charge in [0.05, 0.1) is 6.61 Å². The Morgan fingerprint density at radius 3 is 2.53 bits per heavy atom. The summed E-state index contributed by atoms with van der Waals surface area (Å²) in [6, 6.07) is 0. The summed E-state index contributed by atoms with van der Waals surface area (Å²) in [5.41, 5.74) is -5.49. The van der Waals surface area contributed by atoms with E-state index in [9.17, 15) is 26.4 Å². The lowest BCUT2D eigenvalue weighted by Gasteiger charge is -2.03. The van der Waals surface area contributed by atoms with Crippen molar-refractivity contribution < 1.29 is 31.1 Å². The smallest absolute Gasteiger partial charge is 0.449 e. The monoisotopic (exact) mass is 276 g/mol. The van der Waals surface area contributed by atoms with Crippen LogP contribution in [0.5, 0.6) is 0 Å². The first-order valence-corrected chi connectivity index (χ1v) is 5.93. The minimum atomic E-state index is -5.62. The van der Waals surface area contributed by atoms with Gasteiger partial charge < -0.3 is 4.74 Å². The van der Waals surface area contributed by atoms with Gasteiger partial charge in [-0.15, -0.1) is 4.40 Å². The molecule has 0 aliphatic heterocycles. The van der Waals surface area contributed by atoms with Gasteiger partial charge in [-0.05, 0) is 6.42 Å². The predicted octanol–water partition coefficient (Wildman–Crippen LogP) is 1.39. The van der Waals surface area contributed by atoms with Gasteiger partial charge in [-0.25, -0.2) is 4.79 Å². The molecule has 0 rings (SSSR count). The molecular formula is C7H11F3N2O4S. The molecule has 10 heteroatoms. The second kappa shape index (κ2) is 6.42. The third-order valence-corrected chi connectivity index (χ3v) is 2.37. The van der Waals surface area contributed by atoms with E-state index in [-0.39, 0.29) is 12.9 Å². The van der Waals surface area contributed by atoms with E-state index in [2.05, 4.69) is 9.13 Å². The zero-order valence-electron chi connectivity index (χ0n) is 8.82. The fraction of sp³-hybridized carbons (Fsp3) is 0.714. The van der Waals surface area contributed by atoms with Crippen molar-refractivity contribution in [3.63, 3.8) is 0 Å². The molecule has 0 bridgehead atoms. The first kappa shape index (κ1) is 15.7. The largest absolute Gasteiger partial charge is 0.518 e. The van der Waals surface area contributed by atoms with Crippen LogP contribution in [0, 0.1) is 0 Å². The molecule has 0 heterocycles. The first-order chi connectivity index (χ1) is 7.70. The molecule has 0 radical (unpaired) electrons. The Bertz CT molecular complexity index is 377. The van der Waals surface area contributed by atoms with Crippen LogP contribution in [0.15, 0.2) is 4.40 Å². The predicted molar refractivity (Wildman–Crippen MR) is 52.9 cm³/mol. The van der Waals surface area contributed by atoms with E-state index < -0.39 is 21.6 Å². The van der Waals surface area contributed by atoms with Gasteiger partial charge in [0.1, 0.15) is 6.34 Å². The minimum Gasteiger partial charge on any atom is -0.449 e. The van der Waals surface area contributed by atoms with Gasteiger partial charge >= 0.3 is 21.6 Å². The molecule has 0 fully saturated rings. The highest BCUT2D eigenvalue weighted by Gasteiger charge is 2.45. The van der Waals surface area contributed by atoms with Crippen molar-refractivity contribution in [1.82, 2.24) is 5.32 Å². The summed E-state index contributed by atoms with van der Waals surface area (Å²) in [6.07, 6.45) is 0.409. The average Bonchev–Trinajstić information content (AvgIpc) is 2.16. The number of alkyl halides is 3. The third kappa shape index (κ3) is 6.09. The molecule has 0 aromatic carbocycles. The number of carbonyl (C=O) groups is 1. The van der Waals surface area contributed by atoms with Crippen molar-refractivity contribution in [2.24, 2.45) is 4.40 Å². The first-order valence-electron chi connectivity index (χ1n) is 4.49. The lowest BCUT2D eigenvalue weighted by molar-refractivity contribution is -0.0435. The van der Waals surface area contributed by atoms with Crippen molar-refractivity contribution >= 4 is 22.5 Å². The molecule has 0 aromatic heterocycles. The van der Waals surface area contributed by atoms with E-state index in [1.54, 1.807) is 5.32 Å².